The van der Waals surface area contributed by atoms with Crippen LogP contribution in [0.4, 0.5) is 0 Å². The van der Waals surface area contributed by atoms with E-state index in [1.54, 1.807) is 0 Å². The van der Waals surface area contributed by atoms with Crippen LogP contribution in [-0.4, -0.2) is 33.2 Å². The molecule has 28 heavy (non-hydrogen) atoms. The summed E-state index contributed by atoms with van der Waals surface area (Å²) in [5.41, 5.74) is 3.88. The summed E-state index contributed by atoms with van der Waals surface area (Å²) >= 11 is 0. The number of aromatic nitrogens is 3. The van der Waals surface area contributed by atoms with Gasteiger partial charge in [-0.3, -0.25) is 0 Å². The molecular weight excluding hydrogens is 348 g/mol. The van der Waals surface area contributed by atoms with Gasteiger partial charge in [0.2, 0.25) is 0 Å². The number of nitrogens with one attached hydrogen (secondary N) is 2. The van der Waals surface area contributed by atoms with Gasteiger partial charge in [-0.25, -0.2) is 4.98 Å². The van der Waals surface area contributed by atoms with Crippen LogP contribution in [0.2, 0.25) is 0 Å². The third-order valence-electron chi connectivity index (χ3n) is 6.12. The van der Waals surface area contributed by atoms with Crippen molar-refractivity contribution in [3.8, 4) is 0 Å². The Morgan fingerprint density at radius 3 is 2.96 bits per heavy atom. The minimum absolute atomic E-state index is 0.0959. The van der Waals surface area contributed by atoms with Gasteiger partial charge in [0.15, 0.2) is 0 Å². The maximum atomic E-state index is 6.02. The molecule has 1 aromatic carbocycles. The number of hydrogen-bond donors (Lipinski definition) is 2. The SMILES string of the molecule is C[C@H](CC(C)(C)c1c[nH]c2ccccc12)N[C@H]1CCO[C@@H](c2cncn2C)C1. The molecule has 3 heterocycles. The van der Waals surface area contributed by atoms with Gasteiger partial charge in [-0.2, -0.15) is 0 Å². The standard InChI is InChI=1S/C23H32N4O/c1-16(12-23(2,3)19-13-25-20-8-6-5-7-18(19)20)26-17-9-10-28-22(11-17)21-14-24-15-27(21)4/h5-8,13-17,22,25-26H,9-12H2,1-4H3/t16-,17+,22-/m1/s1. The summed E-state index contributed by atoms with van der Waals surface area (Å²) in [6, 6.07) is 9.48. The Labute approximate surface area is 167 Å². The van der Waals surface area contributed by atoms with Crippen molar-refractivity contribution in [3.63, 3.8) is 0 Å². The first kappa shape index (κ1) is 19.2. The molecule has 5 nitrogen and oxygen atoms in total. The number of aryl methyl sites for hydroxylation is 1. The summed E-state index contributed by atoms with van der Waals surface area (Å²) in [6.45, 7) is 7.81. The van der Waals surface area contributed by atoms with Crippen molar-refractivity contribution in [2.24, 2.45) is 7.05 Å². The highest BCUT2D eigenvalue weighted by atomic mass is 16.5. The second kappa shape index (κ2) is 7.72. The van der Waals surface area contributed by atoms with Crippen molar-refractivity contribution in [1.82, 2.24) is 19.9 Å². The van der Waals surface area contributed by atoms with Gasteiger partial charge in [-0.1, -0.05) is 32.0 Å². The van der Waals surface area contributed by atoms with Crippen molar-refractivity contribution in [2.45, 2.75) is 63.6 Å². The number of H-pyrrole nitrogens is 1. The quantitative estimate of drug-likeness (QED) is 0.663. The molecule has 3 atom stereocenters. The zero-order valence-electron chi connectivity index (χ0n) is 17.4. The molecule has 1 fully saturated rings. The van der Waals surface area contributed by atoms with Gasteiger partial charge in [-0.05, 0) is 43.2 Å². The molecule has 150 valence electrons. The van der Waals surface area contributed by atoms with E-state index in [4.69, 9.17) is 4.74 Å². The minimum atomic E-state index is 0.0959. The van der Waals surface area contributed by atoms with Gasteiger partial charge >= 0.3 is 0 Å². The van der Waals surface area contributed by atoms with Crippen LogP contribution in [0.1, 0.15) is 57.4 Å². The third-order valence-corrected chi connectivity index (χ3v) is 6.12. The topological polar surface area (TPSA) is 54.9 Å². The van der Waals surface area contributed by atoms with Gasteiger partial charge < -0.3 is 19.6 Å². The average Bonchev–Trinajstić information content (AvgIpc) is 3.27. The monoisotopic (exact) mass is 380 g/mol. The lowest BCUT2D eigenvalue weighted by Gasteiger charge is -2.35. The van der Waals surface area contributed by atoms with Gasteiger partial charge in [0.1, 0.15) is 6.10 Å². The van der Waals surface area contributed by atoms with E-state index in [0.717, 1.165) is 25.9 Å². The second-order valence-electron chi connectivity index (χ2n) is 8.91. The van der Waals surface area contributed by atoms with E-state index in [1.807, 2.05) is 19.6 Å². The predicted molar refractivity (Wildman–Crippen MR) is 113 cm³/mol. The van der Waals surface area contributed by atoms with Crippen LogP contribution in [0.15, 0.2) is 43.0 Å². The lowest BCUT2D eigenvalue weighted by atomic mass is 9.79. The summed E-state index contributed by atoms with van der Waals surface area (Å²) in [4.78, 5) is 7.67. The van der Waals surface area contributed by atoms with Gasteiger partial charge in [0.25, 0.3) is 0 Å². The zero-order chi connectivity index (χ0) is 19.7. The van der Waals surface area contributed by atoms with Crippen molar-refractivity contribution in [3.05, 3.63) is 54.2 Å². The van der Waals surface area contributed by atoms with Gasteiger partial charge in [0, 0.05) is 42.8 Å². The highest BCUT2D eigenvalue weighted by molar-refractivity contribution is 5.84. The molecule has 0 amide bonds. The van der Waals surface area contributed by atoms with E-state index in [2.05, 4.69) is 71.1 Å². The number of ether oxygens (including phenoxy) is 1. The smallest absolute Gasteiger partial charge is 0.100 e. The molecule has 0 aliphatic carbocycles. The first-order valence-electron chi connectivity index (χ1n) is 10.3. The number of para-hydroxylation sites is 1. The molecule has 1 aliphatic heterocycles. The fourth-order valence-corrected chi connectivity index (χ4v) is 4.80. The Bertz CT molecular complexity index is 925. The Morgan fingerprint density at radius 2 is 2.18 bits per heavy atom. The van der Waals surface area contributed by atoms with Crippen molar-refractivity contribution >= 4 is 10.9 Å². The molecule has 0 saturated carbocycles. The Kier molecular flexibility index (Phi) is 5.30. The molecule has 2 N–H and O–H groups in total. The molecule has 1 aliphatic rings. The lowest BCUT2D eigenvalue weighted by molar-refractivity contribution is -0.00577. The molecule has 2 aromatic heterocycles. The summed E-state index contributed by atoms with van der Waals surface area (Å²) < 4.78 is 8.08. The average molecular weight is 381 g/mol. The molecule has 1 saturated heterocycles. The second-order valence-corrected chi connectivity index (χ2v) is 8.91. The largest absolute Gasteiger partial charge is 0.372 e. The normalized spacial score (nSPS) is 21.9. The Hall–Kier alpha value is -2.11. The Morgan fingerprint density at radius 1 is 1.36 bits per heavy atom. The number of fused-ring (bicyclic) bond motifs is 1. The first-order valence-corrected chi connectivity index (χ1v) is 10.3. The number of imidazole rings is 1. The summed E-state index contributed by atoms with van der Waals surface area (Å²) in [5.74, 6) is 0. The molecule has 0 spiro atoms. The summed E-state index contributed by atoms with van der Waals surface area (Å²) in [6.07, 6.45) is 9.24. The van der Waals surface area contributed by atoms with E-state index in [9.17, 15) is 0 Å². The van der Waals surface area contributed by atoms with Crippen LogP contribution in [-0.2, 0) is 17.2 Å². The van der Waals surface area contributed by atoms with Crippen LogP contribution < -0.4 is 5.32 Å². The minimum Gasteiger partial charge on any atom is -0.372 e. The highest BCUT2D eigenvalue weighted by Crippen LogP contribution is 2.34. The van der Waals surface area contributed by atoms with E-state index >= 15 is 0 Å². The molecule has 3 aromatic rings. The fraction of sp³-hybridized carbons (Fsp3) is 0.522. The molecule has 0 unspecified atom stereocenters. The summed E-state index contributed by atoms with van der Waals surface area (Å²) in [7, 11) is 2.04. The van der Waals surface area contributed by atoms with E-state index in [0.29, 0.717) is 12.1 Å². The van der Waals surface area contributed by atoms with Gasteiger partial charge in [0.05, 0.1) is 18.2 Å². The van der Waals surface area contributed by atoms with Crippen LogP contribution in [0, 0.1) is 0 Å². The summed E-state index contributed by atoms with van der Waals surface area (Å²) in [5, 5.41) is 5.21. The van der Waals surface area contributed by atoms with Crippen LogP contribution in [0.3, 0.4) is 0 Å². The van der Waals surface area contributed by atoms with E-state index < -0.39 is 0 Å². The van der Waals surface area contributed by atoms with Crippen LogP contribution in [0.25, 0.3) is 10.9 Å². The van der Waals surface area contributed by atoms with E-state index in [-0.39, 0.29) is 11.5 Å². The highest BCUT2D eigenvalue weighted by Gasteiger charge is 2.30. The number of nitrogens with zero attached hydrogens (tertiary/aromatic N) is 2. The third kappa shape index (κ3) is 3.87. The van der Waals surface area contributed by atoms with Crippen molar-refractivity contribution in [2.75, 3.05) is 6.61 Å². The molecular formula is C23H32N4O. The van der Waals surface area contributed by atoms with Gasteiger partial charge in [-0.15, -0.1) is 0 Å². The predicted octanol–water partition coefficient (Wildman–Crippen LogP) is 4.47. The molecule has 0 radical (unpaired) electrons. The fourth-order valence-electron chi connectivity index (χ4n) is 4.80. The Balaban J connectivity index is 1.40. The van der Waals surface area contributed by atoms with Crippen molar-refractivity contribution in [1.29, 1.82) is 0 Å². The number of aromatic amines is 1. The van der Waals surface area contributed by atoms with Crippen LogP contribution >= 0.6 is 0 Å². The maximum absolute atomic E-state index is 6.02. The number of rotatable bonds is 6. The lowest BCUT2D eigenvalue weighted by Crippen LogP contribution is -2.43. The van der Waals surface area contributed by atoms with E-state index in [1.165, 1.54) is 22.2 Å². The van der Waals surface area contributed by atoms with Crippen LogP contribution in [0.5, 0.6) is 0 Å². The molecule has 5 heteroatoms. The number of hydrogen-bond acceptors (Lipinski definition) is 3. The number of benzene rings is 1. The maximum Gasteiger partial charge on any atom is 0.100 e. The first-order chi connectivity index (χ1) is 13.4. The molecule has 0 bridgehead atoms. The zero-order valence-corrected chi connectivity index (χ0v) is 17.4. The molecule has 4 rings (SSSR count). The van der Waals surface area contributed by atoms with Crippen molar-refractivity contribution < 1.29 is 4.74 Å².